The molecule has 3 N–H and O–H groups in total. The van der Waals surface area contributed by atoms with Crippen molar-refractivity contribution in [2.75, 3.05) is 26.2 Å². The van der Waals surface area contributed by atoms with Gasteiger partial charge in [0, 0.05) is 6.54 Å². The maximum atomic E-state index is 11.7. The molecule has 118 valence electrons. The molecule has 0 radical (unpaired) electrons. The Balaban J connectivity index is 2.43. The molecule has 20 heavy (non-hydrogen) atoms. The van der Waals surface area contributed by atoms with Crippen LogP contribution in [0.15, 0.2) is 0 Å². The lowest BCUT2D eigenvalue weighted by Gasteiger charge is -2.40. The highest BCUT2D eigenvalue weighted by molar-refractivity contribution is 5.84. The van der Waals surface area contributed by atoms with Crippen molar-refractivity contribution >= 4 is 5.91 Å². The number of primary amides is 1. The summed E-state index contributed by atoms with van der Waals surface area (Å²) in [6, 6.07) is 0. The summed E-state index contributed by atoms with van der Waals surface area (Å²) < 4.78 is 0. The van der Waals surface area contributed by atoms with E-state index in [-0.39, 0.29) is 5.91 Å². The molecule has 1 saturated heterocycles. The number of amides is 1. The van der Waals surface area contributed by atoms with Crippen molar-refractivity contribution in [3.63, 3.8) is 0 Å². The molecular weight excluding hydrogens is 250 g/mol. The third kappa shape index (κ3) is 4.74. The summed E-state index contributed by atoms with van der Waals surface area (Å²) in [5, 5.41) is 3.31. The number of nitrogens with one attached hydrogen (secondary N) is 1. The second kappa shape index (κ2) is 7.41. The minimum Gasteiger partial charge on any atom is -0.368 e. The Bertz CT molecular complexity index is 311. The lowest BCUT2D eigenvalue weighted by molar-refractivity contribution is -0.124. The summed E-state index contributed by atoms with van der Waals surface area (Å²) in [5.41, 5.74) is 5.52. The Morgan fingerprint density at radius 2 is 1.95 bits per heavy atom. The van der Waals surface area contributed by atoms with Gasteiger partial charge in [0.2, 0.25) is 5.91 Å². The molecule has 4 heteroatoms. The topological polar surface area (TPSA) is 58.4 Å². The quantitative estimate of drug-likeness (QED) is 0.717. The van der Waals surface area contributed by atoms with Gasteiger partial charge in [-0.3, -0.25) is 4.79 Å². The second-order valence-electron chi connectivity index (χ2n) is 6.88. The van der Waals surface area contributed by atoms with Crippen LogP contribution in [0.1, 0.15) is 59.8 Å². The fraction of sp³-hybridized carbons (Fsp3) is 0.938. The van der Waals surface area contributed by atoms with Crippen LogP contribution in [0, 0.1) is 5.41 Å². The monoisotopic (exact) mass is 283 g/mol. The zero-order chi connectivity index (χ0) is 15.2. The Hall–Kier alpha value is -0.610. The molecule has 0 bridgehead atoms. The van der Waals surface area contributed by atoms with Gasteiger partial charge < -0.3 is 16.0 Å². The molecule has 1 atom stereocenters. The first-order valence-corrected chi connectivity index (χ1v) is 8.12. The lowest BCUT2D eigenvalue weighted by atomic mass is 9.78. The number of hydrogen-bond acceptors (Lipinski definition) is 3. The standard InChI is InChI=1S/C16H33N3O/c1-5-10-18-16(4,14(17)20)9-13-19-11-7-15(3,6-2)8-12-19/h18H,5-13H2,1-4H3,(H2,17,20). The Labute approximate surface area is 124 Å². The average Bonchev–Trinajstić information content (AvgIpc) is 2.44. The van der Waals surface area contributed by atoms with Crippen LogP contribution in [0.25, 0.3) is 0 Å². The van der Waals surface area contributed by atoms with Gasteiger partial charge >= 0.3 is 0 Å². The minimum absolute atomic E-state index is 0.235. The van der Waals surface area contributed by atoms with E-state index in [9.17, 15) is 4.79 Å². The van der Waals surface area contributed by atoms with E-state index in [1.807, 2.05) is 6.92 Å². The molecule has 1 fully saturated rings. The summed E-state index contributed by atoms with van der Waals surface area (Å²) in [6.45, 7) is 12.8. The zero-order valence-electron chi connectivity index (χ0n) is 13.8. The fourth-order valence-electron chi connectivity index (χ4n) is 2.75. The molecule has 4 nitrogen and oxygen atoms in total. The average molecular weight is 283 g/mol. The number of nitrogens with two attached hydrogens (primary N) is 1. The van der Waals surface area contributed by atoms with Crippen LogP contribution in [-0.4, -0.2) is 42.5 Å². The van der Waals surface area contributed by atoms with Gasteiger partial charge in [-0.1, -0.05) is 27.2 Å². The fourth-order valence-corrected chi connectivity index (χ4v) is 2.75. The number of hydrogen-bond donors (Lipinski definition) is 2. The normalized spacial score (nSPS) is 22.4. The van der Waals surface area contributed by atoms with E-state index < -0.39 is 5.54 Å². The molecular formula is C16H33N3O. The van der Waals surface area contributed by atoms with Crippen molar-refractivity contribution in [3.8, 4) is 0 Å². The highest BCUT2D eigenvalue weighted by Crippen LogP contribution is 2.34. The molecule has 1 heterocycles. The van der Waals surface area contributed by atoms with E-state index in [1.54, 1.807) is 0 Å². The molecule has 1 amide bonds. The highest BCUT2D eigenvalue weighted by Gasteiger charge is 2.32. The SMILES string of the molecule is CCCNC(C)(CCN1CCC(C)(CC)CC1)C(N)=O. The number of likely N-dealkylation sites (tertiary alicyclic amines) is 1. The number of carbonyl (C=O) groups excluding carboxylic acids is 1. The van der Waals surface area contributed by atoms with Crippen molar-refractivity contribution < 1.29 is 4.79 Å². The van der Waals surface area contributed by atoms with E-state index in [0.717, 1.165) is 39.0 Å². The van der Waals surface area contributed by atoms with Crippen LogP contribution < -0.4 is 11.1 Å². The summed E-state index contributed by atoms with van der Waals surface area (Å²) in [5.74, 6) is -0.235. The van der Waals surface area contributed by atoms with Crippen LogP contribution in [0.4, 0.5) is 0 Å². The van der Waals surface area contributed by atoms with Gasteiger partial charge in [0.25, 0.3) is 0 Å². The van der Waals surface area contributed by atoms with E-state index in [4.69, 9.17) is 5.73 Å². The van der Waals surface area contributed by atoms with Crippen LogP contribution in [0.3, 0.4) is 0 Å². The molecule has 0 saturated carbocycles. The van der Waals surface area contributed by atoms with Gasteiger partial charge in [0.1, 0.15) is 0 Å². The summed E-state index contributed by atoms with van der Waals surface area (Å²) in [7, 11) is 0. The van der Waals surface area contributed by atoms with Crippen LogP contribution >= 0.6 is 0 Å². The van der Waals surface area contributed by atoms with Crippen molar-refractivity contribution in [1.29, 1.82) is 0 Å². The predicted octanol–water partition coefficient (Wildman–Crippen LogP) is 2.13. The summed E-state index contributed by atoms with van der Waals surface area (Å²) in [6.07, 6.45) is 5.60. The molecule has 0 aliphatic carbocycles. The van der Waals surface area contributed by atoms with Gasteiger partial charge in [0.05, 0.1) is 5.54 Å². The number of nitrogens with zero attached hydrogens (tertiary/aromatic N) is 1. The Morgan fingerprint density at radius 3 is 2.40 bits per heavy atom. The smallest absolute Gasteiger partial charge is 0.237 e. The highest BCUT2D eigenvalue weighted by atomic mass is 16.1. The molecule has 0 spiro atoms. The molecule has 0 aromatic rings. The Morgan fingerprint density at radius 1 is 1.35 bits per heavy atom. The van der Waals surface area contributed by atoms with Crippen molar-refractivity contribution in [2.24, 2.45) is 11.1 Å². The first-order chi connectivity index (χ1) is 9.35. The molecule has 1 aliphatic rings. The first-order valence-electron chi connectivity index (χ1n) is 8.12. The molecule has 1 aliphatic heterocycles. The van der Waals surface area contributed by atoms with E-state index >= 15 is 0 Å². The number of piperidine rings is 1. The van der Waals surface area contributed by atoms with Gasteiger partial charge in [-0.25, -0.2) is 0 Å². The molecule has 1 rings (SSSR count). The van der Waals surface area contributed by atoms with E-state index in [2.05, 4.69) is 31.0 Å². The van der Waals surface area contributed by atoms with Crippen molar-refractivity contribution in [2.45, 2.75) is 65.3 Å². The van der Waals surface area contributed by atoms with Crippen molar-refractivity contribution in [1.82, 2.24) is 10.2 Å². The maximum absolute atomic E-state index is 11.7. The van der Waals surface area contributed by atoms with Crippen LogP contribution in [0.2, 0.25) is 0 Å². The first kappa shape index (κ1) is 17.4. The summed E-state index contributed by atoms with van der Waals surface area (Å²) in [4.78, 5) is 14.2. The summed E-state index contributed by atoms with van der Waals surface area (Å²) >= 11 is 0. The third-order valence-corrected chi connectivity index (χ3v) is 5.15. The lowest BCUT2D eigenvalue weighted by Crippen LogP contribution is -2.55. The predicted molar refractivity (Wildman–Crippen MR) is 84.6 cm³/mol. The molecule has 0 aromatic heterocycles. The molecule has 1 unspecified atom stereocenters. The van der Waals surface area contributed by atoms with Crippen LogP contribution in [0.5, 0.6) is 0 Å². The number of rotatable bonds is 8. The minimum atomic E-state index is -0.568. The van der Waals surface area contributed by atoms with Gasteiger partial charge in [0.15, 0.2) is 0 Å². The largest absolute Gasteiger partial charge is 0.368 e. The van der Waals surface area contributed by atoms with Gasteiger partial charge in [-0.15, -0.1) is 0 Å². The van der Waals surface area contributed by atoms with Gasteiger partial charge in [-0.2, -0.15) is 0 Å². The number of carbonyl (C=O) groups is 1. The molecule has 0 aromatic carbocycles. The maximum Gasteiger partial charge on any atom is 0.237 e. The van der Waals surface area contributed by atoms with E-state index in [1.165, 1.54) is 19.3 Å². The van der Waals surface area contributed by atoms with Gasteiger partial charge in [-0.05, 0) is 57.7 Å². The second-order valence-corrected chi connectivity index (χ2v) is 6.88. The van der Waals surface area contributed by atoms with E-state index in [0.29, 0.717) is 5.41 Å². The third-order valence-electron chi connectivity index (χ3n) is 5.15. The van der Waals surface area contributed by atoms with Crippen molar-refractivity contribution in [3.05, 3.63) is 0 Å². The zero-order valence-corrected chi connectivity index (χ0v) is 13.8. The van der Waals surface area contributed by atoms with Crippen LogP contribution in [-0.2, 0) is 4.79 Å². The Kier molecular flexibility index (Phi) is 6.46.